The van der Waals surface area contributed by atoms with Crippen LogP contribution < -0.4 is 10.2 Å². The Morgan fingerprint density at radius 3 is 2.63 bits per heavy atom. The Morgan fingerprint density at radius 1 is 1.37 bits per heavy atom. The van der Waals surface area contributed by atoms with Crippen molar-refractivity contribution in [3.63, 3.8) is 0 Å². The highest BCUT2D eigenvalue weighted by atomic mass is 16.5. The summed E-state index contributed by atoms with van der Waals surface area (Å²) in [6.45, 7) is 5.82. The number of anilines is 1. The number of ether oxygens (including phenoxy) is 1. The maximum Gasteiger partial charge on any atom is 0.253 e. The average Bonchev–Trinajstić information content (AvgIpc) is 2.39. The highest BCUT2D eigenvalue weighted by Gasteiger charge is 2.29. The van der Waals surface area contributed by atoms with Gasteiger partial charge < -0.3 is 15.0 Å². The molecule has 1 aromatic carbocycles. The van der Waals surface area contributed by atoms with E-state index in [-0.39, 0.29) is 18.6 Å². The van der Waals surface area contributed by atoms with Gasteiger partial charge in [-0.3, -0.25) is 4.79 Å². The van der Waals surface area contributed by atoms with Gasteiger partial charge in [0.05, 0.1) is 12.6 Å². The number of benzene rings is 1. The molecule has 0 aliphatic carbocycles. The van der Waals surface area contributed by atoms with Crippen LogP contribution in [0.4, 0.5) is 5.69 Å². The van der Waals surface area contributed by atoms with Gasteiger partial charge in [-0.1, -0.05) is 26.0 Å². The zero-order chi connectivity index (χ0) is 13.8. The molecule has 1 N–H and O–H groups in total. The number of nitrogens with zero attached hydrogens (tertiary/aromatic N) is 1. The minimum atomic E-state index is 0.0313. The number of hydrogen-bond donors (Lipinski definition) is 1. The minimum absolute atomic E-state index is 0.0313. The van der Waals surface area contributed by atoms with Crippen molar-refractivity contribution < 1.29 is 9.53 Å². The second kappa shape index (κ2) is 6.17. The van der Waals surface area contributed by atoms with Crippen LogP contribution >= 0.6 is 0 Å². The summed E-state index contributed by atoms with van der Waals surface area (Å²) in [6, 6.07) is 8.32. The molecule has 4 nitrogen and oxygen atoms in total. The van der Waals surface area contributed by atoms with Gasteiger partial charge in [-0.2, -0.15) is 0 Å². The Morgan fingerprint density at radius 2 is 2.05 bits per heavy atom. The highest BCUT2D eigenvalue weighted by molar-refractivity contribution is 5.95. The highest BCUT2D eigenvalue weighted by Crippen LogP contribution is 2.23. The van der Waals surface area contributed by atoms with Crippen molar-refractivity contribution >= 4 is 11.6 Å². The van der Waals surface area contributed by atoms with E-state index in [1.165, 1.54) is 5.56 Å². The van der Waals surface area contributed by atoms with Gasteiger partial charge in [-0.15, -0.1) is 0 Å². The summed E-state index contributed by atoms with van der Waals surface area (Å²) in [5.41, 5.74) is 2.24. The van der Waals surface area contributed by atoms with E-state index in [4.69, 9.17) is 4.74 Å². The van der Waals surface area contributed by atoms with E-state index in [9.17, 15) is 4.79 Å². The van der Waals surface area contributed by atoms with Gasteiger partial charge in [0.2, 0.25) is 0 Å². The number of amides is 1. The number of carbonyl (C=O) groups excluding carboxylic acids is 1. The summed E-state index contributed by atoms with van der Waals surface area (Å²) in [6.07, 6.45) is 0. The van der Waals surface area contributed by atoms with Crippen LogP contribution in [-0.2, 0) is 9.53 Å². The van der Waals surface area contributed by atoms with Crippen LogP contribution in [0, 0.1) is 0 Å². The smallest absolute Gasteiger partial charge is 0.253 e. The van der Waals surface area contributed by atoms with Gasteiger partial charge in [0.1, 0.15) is 6.61 Å². The molecule has 0 aromatic heterocycles. The molecule has 1 fully saturated rings. The molecule has 19 heavy (non-hydrogen) atoms. The quantitative estimate of drug-likeness (QED) is 0.899. The normalized spacial score (nSPS) is 20.1. The predicted molar refractivity (Wildman–Crippen MR) is 76.6 cm³/mol. The lowest BCUT2D eigenvalue weighted by Crippen LogP contribution is -2.53. The lowest BCUT2D eigenvalue weighted by molar-refractivity contribution is -0.127. The van der Waals surface area contributed by atoms with E-state index in [1.54, 1.807) is 0 Å². The number of rotatable bonds is 4. The zero-order valence-electron chi connectivity index (χ0n) is 11.8. The van der Waals surface area contributed by atoms with Crippen LogP contribution in [0.5, 0.6) is 0 Å². The van der Waals surface area contributed by atoms with Crippen molar-refractivity contribution in [1.29, 1.82) is 0 Å². The van der Waals surface area contributed by atoms with Gasteiger partial charge in [-0.05, 0) is 30.7 Å². The molecule has 1 heterocycles. The third-order valence-corrected chi connectivity index (χ3v) is 3.45. The molecule has 1 saturated heterocycles. The molecule has 1 amide bonds. The van der Waals surface area contributed by atoms with Gasteiger partial charge in [0.15, 0.2) is 0 Å². The zero-order valence-corrected chi connectivity index (χ0v) is 11.8. The second-order valence-electron chi connectivity index (χ2n) is 5.24. The van der Waals surface area contributed by atoms with Crippen LogP contribution in [0.2, 0.25) is 0 Å². The van der Waals surface area contributed by atoms with Crippen LogP contribution in [0.3, 0.4) is 0 Å². The SMILES string of the molecule is CNCC1COCC(=O)N1c1ccc(C(C)C)cc1. The van der Waals surface area contributed by atoms with Crippen LogP contribution in [0.1, 0.15) is 25.3 Å². The van der Waals surface area contributed by atoms with Crippen molar-refractivity contribution in [3.8, 4) is 0 Å². The van der Waals surface area contributed by atoms with Gasteiger partial charge >= 0.3 is 0 Å². The molecule has 1 unspecified atom stereocenters. The first kappa shape index (κ1) is 14.0. The van der Waals surface area contributed by atoms with E-state index in [1.807, 2.05) is 24.1 Å². The fourth-order valence-corrected chi connectivity index (χ4v) is 2.39. The first-order valence-electron chi connectivity index (χ1n) is 6.78. The maximum atomic E-state index is 12.1. The fraction of sp³-hybridized carbons (Fsp3) is 0.533. The molecule has 4 heteroatoms. The minimum Gasteiger partial charge on any atom is -0.369 e. The third-order valence-electron chi connectivity index (χ3n) is 3.45. The van der Waals surface area contributed by atoms with Gasteiger partial charge in [0, 0.05) is 12.2 Å². The van der Waals surface area contributed by atoms with E-state index in [0.717, 1.165) is 12.2 Å². The molecule has 1 aromatic rings. The Bertz CT molecular complexity index is 426. The molecular weight excluding hydrogens is 240 g/mol. The molecule has 104 valence electrons. The largest absolute Gasteiger partial charge is 0.369 e. The monoisotopic (exact) mass is 262 g/mol. The topological polar surface area (TPSA) is 41.6 Å². The summed E-state index contributed by atoms with van der Waals surface area (Å²) in [5.74, 6) is 0.534. The number of carbonyl (C=O) groups is 1. The summed E-state index contributed by atoms with van der Waals surface area (Å²) < 4.78 is 5.33. The summed E-state index contributed by atoms with van der Waals surface area (Å²) in [5, 5.41) is 3.11. The van der Waals surface area contributed by atoms with E-state index < -0.39 is 0 Å². The Hall–Kier alpha value is -1.39. The van der Waals surface area contributed by atoms with Crippen LogP contribution in [0.15, 0.2) is 24.3 Å². The molecule has 1 aliphatic heterocycles. The number of likely N-dealkylation sites (N-methyl/N-ethyl adjacent to an activating group) is 1. The first-order chi connectivity index (χ1) is 9.13. The van der Waals surface area contributed by atoms with Crippen molar-refractivity contribution in [3.05, 3.63) is 29.8 Å². The third kappa shape index (κ3) is 3.14. The summed E-state index contributed by atoms with van der Waals surface area (Å²) in [7, 11) is 1.89. The summed E-state index contributed by atoms with van der Waals surface area (Å²) in [4.78, 5) is 13.9. The molecule has 1 aliphatic rings. The summed E-state index contributed by atoms with van der Waals surface area (Å²) >= 11 is 0. The standard InChI is InChI=1S/C15H22N2O2/c1-11(2)12-4-6-13(7-5-12)17-14(8-16-3)9-19-10-15(17)18/h4-7,11,14,16H,8-10H2,1-3H3. The Kier molecular flexibility index (Phi) is 4.56. The van der Waals surface area contributed by atoms with Gasteiger partial charge in [-0.25, -0.2) is 0 Å². The number of morpholine rings is 1. The van der Waals surface area contributed by atoms with E-state index in [0.29, 0.717) is 12.5 Å². The molecule has 1 atom stereocenters. The molecular formula is C15H22N2O2. The first-order valence-corrected chi connectivity index (χ1v) is 6.78. The molecule has 0 bridgehead atoms. The Balaban J connectivity index is 2.22. The van der Waals surface area contributed by atoms with Crippen molar-refractivity contribution in [2.45, 2.75) is 25.8 Å². The molecule has 0 radical (unpaired) electrons. The molecule has 0 saturated carbocycles. The van der Waals surface area contributed by atoms with E-state index >= 15 is 0 Å². The lowest BCUT2D eigenvalue weighted by atomic mass is 10.0. The maximum absolute atomic E-state index is 12.1. The Labute approximate surface area is 114 Å². The molecule has 0 spiro atoms. The van der Waals surface area contributed by atoms with Crippen molar-refractivity contribution in [2.75, 3.05) is 31.7 Å². The molecule has 2 rings (SSSR count). The number of nitrogens with one attached hydrogen (secondary N) is 1. The second-order valence-corrected chi connectivity index (χ2v) is 5.24. The van der Waals surface area contributed by atoms with Crippen molar-refractivity contribution in [2.24, 2.45) is 0 Å². The van der Waals surface area contributed by atoms with Crippen LogP contribution in [-0.4, -0.2) is 38.8 Å². The van der Waals surface area contributed by atoms with E-state index in [2.05, 4.69) is 31.3 Å². The number of hydrogen-bond acceptors (Lipinski definition) is 3. The predicted octanol–water partition coefficient (Wildman–Crippen LogP) is 1.76. The van der Waals surface area contributed by atoms with Gasteiger partial charge in [0.25, 0.3) is 5.91 Å². The fourth-order valence-electron chi connectivity index (χ4n) is 2.39. The van der Waals surface area contributed by atoms with Crippen LogP contribution in [0.25, 0.3) is 0 Å². The lowest BCUT2D eigenvalue weighted by Gasteiger charge is -2.35. The van der Waals surface area contributed by atoms with Crippen molar-refractivity contribution in [1.82, 2.24) is 5.32 Å². The average molecular weight is 262 g/mol.